The van der Waals surface area contributed by atoms with Crippen LogP contribution >= 0.6 is 11.3 Å². The zero-order chi connectivity index (χ0) is 21.6. The summed E-state index contributed by atoms with van der Waals surface area (Å²) in [6, 6.07) is 5.67. The molecule has 0 unspecified atom stereocenters. The quantitative estimate of drug-likeness (QED) is 0.411. The summed E-state index contributed by atoms with van der Waals surface area (Å²) in [6.07, 6.45) is 10.7. The summed E-state index contributed by atoms with van der Waals surface area (Å²) < 4.78 is 6.20. The number of rotatable bonds is 8. The van der Waals surface area contributed by atoms with Gasteiger partial charge in [-0.25, -0.2) is 4.98 Å². The molecule has 0 amide bonds. The van der Waals surface area contributed by atoms with Crippen molar-refractivity contribution in [1.82, 2.24) is 4.98 Å². The molecule has 3 rings (SSSR count). The smallest absolute Gasteiger partial charge is 0.184 e. The maximum absolute atomic E-state index is 11.2. The van der Waals surface area contributed by atoms with E-state index in [4.69, 9.17) is 4.74 Å². The van der Waals surface area contributed by atoms with Crippen molar-refractivity contribution < 1.29 is 9.53 Å². The van der Waals surface area contributed by atoms with Gasteiger partial charge in [0.25, 0.3) is 0 Å². The first kappa shape index (κ1) is 22.3. The monoisotopic (exact) mass is 422 g/mol. The number of hydrogen-bond donors (Lipinski definition) is 0. The van der Waals surface area contributed by atoms with Gasteiger partial charge < -0.3 is 9.64 Å². The molecule has 1 heterocycles. The SMILES string of the molecule is CN(CC/C=C\c1ccc(C=O)cc1C#CCC1(OC(C)(C)C)CC1)c1nccs1. The van der Waals surface area contributed by atoms with Crippen molar-refractivity contribution in [3.63, 3.8) is 0 Å². The van der Waals surface area contributed by atoms with Crippen LogP contribution in [0.3, 0.4) is 0 Å². The van der Waals surface area contributed by atoms with Gasteiger partial charge in [0.2, 0.25) is 0 Å². The molecule has 1 aliphatic rings. The van der Waals surface area contributed by atoms with Gasteiger partial charge in [-0.15, -0.1) is 11.3 Å². The van der Waals surface area contributed by atoms with Crippen LogP contribution < -0.4 is 4.90 Å². The Bertz CT molecular complexity index is 942. The van der Waals surface area contributed by atoms with Gasteiger partial charge in [-0.05, 0) is 51.7 Å². The Balaban J connectivity index is 1.65. The van der Waals surface area contributed by atoms with Crippen molar-refractivity contribution in [1.29, 1.82) is 0 Å². The third-order valence-electron chi connectivity index (χ3n) is 4.85. The van der Waals surface area contributed by atoms with E-state index in [1.165, 1.54) is 0 Å². The summed E-state index contributed by atoms with van der Waals surface area (Å²) in [5, 5.41) is 3.01. The molecule has 5 heteroatoms. The number of aldehydes is 1. The lowest BCUT2D eigenvalue weighted by atomic mass is 10.0. The van der Waals surface area contributed by atoms with E-state index >= 15 is 0 Å². The lowest BCUT2D eigenvalue weighted by molar-refractivity contribution is -0.0733. The van der Waals surface area contributed by atoms with Gasteiger partial charge in [0.15, 0.2) is 5.13 Å². The maximum atomic E-state index is 11.2. The molecule has 1 saturated carbocycles. The first-order valence-electron chi connectivity index (χ1n) is 10.4. The molecule has 2 aromatic rings. The normalized spacial score (nSPS) is 14.9. The average molecular weight is 423 g/mol. The second kappa shape index (κ2) is 9.59. The average Bonchev–Trinajstić information content (AvgIpc) is 3.21. The van der Waals surface area contributed by atoms with Crippen LogP contribution in [0.2, 0.25) is 0 Å². The molecule has 0 spiro atoms. The van der Waals surface area contributed by atoms with Gasteiger partial charge in [0.05, 0.1) is 11.2 Å². The molecule has 158 valence electrons. The molecule has 0 N–H and O–H groups in total. The number of thiazole rings is 1. The topological polar surface area (TPSA) is 42.4 Å². The maximum Gasteiger partial charge on any atom is 0.184 e. The number of hydrogen-bond acceptors (Lipinski definition) is 5. The molecule has 0 atom stereocenters. The fraction of sp³-hybridized carbons (Fsp3) is 0.440. The molecule has 30 heavy (non-hydrogen) atoms. The highest BCUT2D eigenvalue weighted by molar-refractivity contribution is 7.13. The highest BCUT2D eigenvalue weighted by Crippen LogP contribution is 2.45. The molecular weight excluding hydrogens is 392 g/mol. The fourth-order valence-electron chi connectivity index (χ4n) is 3.28. The van der Waals surface area contributed by atoms with E-state index in [2.05, 4.69) is 61.7 Å². The standard InChI is InChI=1S/C25H30N2O2S/c1-24(2,3)29-25(13-14-25)12-7-9-22-18-20(19-28)10-11-21(22)8-5-6-16-27(4)23-26-15-17-30-23/h5,8,10-11,15,17-19H,6,12-14,16H2,1-4H3/b8-5-. The molecule has 1 fully saturated rings. The van der Waals surface area contributed by atoms with Crippen LogP contribution in [-0.2, 0) is 4.74 Å². The van der Waals surface area contributed by atoms with Gasteiger partial charge in [0, 0.05) is 42.7 Å². The number of nitrogens with zero attached hydrogens (tertiary/aromatic N) is 2. The van der Waals surface area contributed by atoms with Crippen molar-refractivity contribution in [2.24, 2.45) is 0 Å². The minimum absolute atomic E-state index is 0.0933. The first-order chi connectivity index (χ1) is 14.3. The zero-order valence-corrected chi connectivity index (χ0v) is 19.1. The number of carbonyl (C=O) groups excluding carboxylic acids is 1. The van der Waals surface area contributed by atoms with E-state index in [9.17, 15) is 4.79 Å². The molecular formula is C25H30N2O2S. The third-order valence-corrected chi connectivity index (χ3v) is 5.74. The molecule has 0 saturated heterocycles. The second-order valence-corrected chi connectivity index (χ2v) is 9.64. The Morgan fingerprint density at radius 2 is 2.13 bits per heavy atom. The third kappa shape index (κ3) is 6.55. The highest BCUT2D eigenvalue weighted by atomic mass is 32.1. The second-order valence-electron chi connectivity index (χ2n) is 8.77. The fourth-order valence-corrected chi connectivity index (χ4v) is 3.92. The van der Waals surface area contributed by atoms with E-state index in [0.29, 0.717) is 5.56 Å². The number of anilines is 1. The zero-order valence-electron chi connectivity index (χ0n) is 18.3. The molecule has 0 aliphatic heterocycles. The van der Waals surface area contributed by atoms with Crippen LogP contribution in [0.1, 0.15) is 67.9 Å². The lowest BCUT2D eigenvalue weighted by Crippen LogP contribution is -2.28. The van der Waals surface area contributed by atoms with E-state index in [1.54, 1.807) is 11.3 Å². The van der Waals surface area contributed by atoms with Crippen LogP contribution in [0.4, 0.5) is 5.13 Å². The molecule has 1 aromatic heterocycles. The molecule has 0 radical (unpaired) electrons. The Labute approximate surface area is 184 Å². The number of carbonyl (C=O) groups is 1. The molecule has 0 bridgehead atoms. The van der Waals surface area contributed by atoms with E-state index in [-0.39, 0.29) is 11.2 Å². The van der Waals surface area contributed by atoms with E-state index < -0.39 is 0 Å². The molecule has 1 aromatic carbocycles. The van der Waals surface area contributed by atoms with Crippen LogP contribution in [0.15, 0.2) is 35.9 Å². The van der Waals surface area contributed by atoms with E-state index in [1.807, 2.05) is 29.8 Å². The van der Waals surface area contributed by atoms with Gasteiger partial charge in [-0.2, -0.15) is 0 Å². The van der Waals surface area contributed by atoms with Crippen molar-refractivity contribution in [3.05, 3.63) is 52.5 Å². The first-order valence-corrected chi connectivity index (χ1v) is 11.2. The van der Waals surface area contributed by atoms with Crippen LogP contribution in [0.5, 0.6) is 0 Å². The summed E-state index contributed by atoms with van der Waals surface area (Å²) in [4.78, 5) is 17.7. The van der Waals surface area contributed by atoms with Gasteiger partial charge in [-0.3, -0.25) is 4.79 Å². The van der Waals surface area contributed by atoms with Crippen LogP contribution in [0, 0.1) is 11.8 Å². The largest absolute Gasteiger partial charge is 0.368 e. The number of aromatic nitrogens is 1. The van der Waals surface area contributed by atoms with Gasteiger partial charge in [0.1, 0.15) is 6.29 Å². The predicted octanol–water partition coefficient (Wildman–Crippen LogP) is 5.58. The highest BCUT2D eigenvalue weighted by Gasteiger charge is 2.45. The van der Waals surface area contributed by atoms with Crippen LogP contribution in [-0.4, -0.2) is 36.1 Å². The Morgan fingerprint density at radius 3 is 2.77 bits per heavy atom. The molecule has 4 nitrogen and oxygen atoms in total. The number of benzene rings is 1. The summed E-state index contributed by atoms with van der Waals surface area (Å²) >= 11 is 1.64. The summed E-state index contributed by atoms with van der Waals surface area (Å²) in [5.41, 5.74) is 2.31. The van der Waals surface area contributed by atoms with Crippen molar-refractivity contribution in [2.75, 3.05) is 18.5 Å². The summed E-state index contributed by atoms with van der Waals surface area (Å²) in [5.74, 6) is 6.59. The molecule has 1 aliphatic carbocycles. The Hall–Kier alpha value is -2.42. The van der Waals surface area contributed by atoms with Crippen molar-refractivity contribution in [3.8, 4) is 11.8 Å². The van der Waals surface area contributed by atoms with Gasteiger partial charge in [-0.1, -0.05) is 36.1 Å². The van der Waals surface area contributed by atoms with E-state index in [0.717, 1.165) is 54.8 Å². The number of ether oxygens (including phenoxy) is 1. The predicted molar refractivity (Wildman–Crippen MR) is 125 cm³/mol. The minimum Gasteiger partial charge on any atom is -0.368 e. The van der Waals surface area contributed by atoms with Gasteiger partial charge >= 0.3 is 0 Å². The minimum atomic E-state index is -0.157. The Kier molecular flexibility index (Phi) is 7.12. The van der Waals surface area contributed by atoms with Crippen molar-refractivity contribution in [2.45, 2.75) is 57.7 Å². The summed E-state index contributed by atoms with van der Waals surface area (Å²) in [6.45, 7) is 7.15. The Morgan fingerprint density at radius 1 is 1.33 bits per heavy atom. The summed E-state index contributed by atoms with van der Waals surface area (Å²) in [7, 11) is 2.05. The van der Waals surface area contributed by atoms with Crippen LogP contribution in [0.25, 0.3) is 6.08 Å². The van der Waals surface area contributed by atoms with Crippen molar-refractivity contribution >= 4 is 28.8 Å². The lowest BCUT2D eigenvalue weighted by Gasteiger charge is -2.26.